The van der Waals surface area contributed by atoms with Gasteiger partial charge in [0.25, 0.3) is 0 Å². The number of phenolic OH excluding ortho intramolecular Hbond substituents is 1. The second-order valence-corrected chi connectivity index (χ2v) is 4.53. The van der Waals surface area contributed by atoms with E-state index in [2.05, 4.69) is 27.8 Å². The van der Waals surface area contributed by atoms with Crippen LogP contribution in [-0.2, 0) is 0 Å². The fourth-order valence-electron chi connectivity index (χ4n) is 1.44. The molecule has 1 rings (SSSR count). The summed E-state index contributed by atoms with van der Waals surface area (Å²) >= 11 is 3.31. The van der Waals surface area contributed by atoms with Crippen LogP contribution in [-0.4, -0.2) is 11.1 Å². The van der Waals surface area contributed by atoms with Crippen LogP contribution in [0, 0.1) is 0 Å². The largest absolute Gasteiger partial charge is 0.508 e. The molecule has 82 valence electrons. The SMILES string of the molecule is C=CC(C)NC(C)c1ccc(Br)cc1O. The smallest absolute Gasteiger partial charge is 0.121 e. The topological polar surface area (TPSA) is 32.3 Å². The molecule has 2 nitrogen and oxygen atoms in total. The minimum atomic E-state index is 0.103. The van der Waals surface area contributed by atoms with E-state index in [1.807, 2.05) is 32.1 Å². The monoisotopic (exact) mass is 269 g/mol. The van der Waals surface area contributed by atoms with E-state index in [9.17, 15) is 5.11 Å². The second-order valence-electron chi connectivity index (χ2n) is 3.62. The number of aromatic hydroxyl groups is 1. The van der Waals surface area contributed by atoms with Gasteiger partial charge in [-0.25, -0.2) is 0 Å². The van der Waals surface area contributed by atoms with Crippen LogP contribution in [0.4, 0.5) is 0 Å². The van der Waals surface area contributed by atoms with Crippen molar-refractivity contribution < 1.29 is 5.11 Å². The number of rotatable bonds is 4. The summed E-state index contributed by atoms with van der Waals surface area (Å²) in [4.78, 5) is 0. The average Bonchev–Trinajstić information content (AvgIpc) is 2.17. The van der Waals surface area contributed by atoms with Gasteiger partial charge < -0.3 is 10.4 Å². The fraction of sp³-hybridized carbons (Fsp3) is 0.333. The standard InChI is InChI=1S/C12H16BrNO/c1-4-8(2)14-9(3)11-6-5-10(13)7-12(11)15/h4-9,14-15H,1H2,2-3H3. The summed E-state index contributed by atoms with van der Waals surface area (Å²) in [7, 11) is 0. The minimum absolute atomic E-state index is 0.103. The predicted octanol–water partition coefficient (Wildman–Crippen LogP) is 3.38. The molecule has 3 heteroatoms. The van der Waals surface area contributed by atoms with Crippen molar-refractivity contribution in [2.24, 2.45) is 0 Å². The third-order valence-corrected chi connectivity index (χ3v) is 2.82. The Hall–Kier alpha value is -0.800. The molecule has 15 heavy (non-hydrogen) atoms. The van der Waals surface area contributed by atoms with Crippen LogP contribution in [0.2, 0.25) is 0 Å². The summed E-state index contributed by atoms with van der Waals surface area (Å²) in [6.07, 6.45) is 1.84. The van der Waals surface area contributed by atoms with E-state index < -0.39 is 0 Å². The van der Waals surface area contributed by atoms with E-state index in [0.717, 1.165) is 10.0 Å². The van der Waals surface area contributed by atoms with Gasteiger partial charge in [0.2, 0.25) is 0 Å². The first-order valence-electron chi connectivity index (χ1n) is 4.91. The molecule has 0 aliphatic carbocycles. The third-order valence-electron chi connectivity index (χ3n) is 2.33. The molecule has 0 fully saturated rings. The van der Waals surface area contributed by atoms with Crippen molar-refractivity contribution in [1.29, 1.82) is 0 Å². The number of hydrogen-bond acceptors (Lipinski definition) is 2. The quantitative estimate of drug-likeness (QED) is 0.822. The van der Waals surface area contributed by atoms with Crippen LogP contribution in [0.15, 0.2) is 35.3 Å². The van der Waals surface area contributed by atoms with E-state index in [1.165, 1.54) is 0 Å². The molecule has 2 unspecified atom stereocenters. The Morgan fingerprint density at radius 2 is 2.13 bits per heavy atom. The second kappa shape index (κ2) is 5.33. The van der Waals surface area contributed by atoms with Gasteiger partial charge >= 0.3 is 0 Å². The molecule has 0 bridgehead atoms. The first-order chi connectivity index (χ1) is 7.04. The lowest BCUT2D eigenvalue weighted by molar-refractivity contribution is 0.447. The Morgan fingerprint density at radius 3 is 2.67 bits per heavy atom. The van der Waals surface area contributed by atoms with E-state index in [4.69, 9.17) is 0 Å². The molecule has 0 spiro atoms. The van der Waals surface area contributed by atoms with Crippen LogP contribution in [0.5, 0.6) is 5.75 Å². The van der Waals surface area contributed by atoms with Crippen LogP contribution in [0.25, 0.3) is 0 Å². The number of halogens is 1. The van der Waals surface area contributed by atoms with E-state index in [-0.39, 0.29) is 12.1 Å². The molecule has 0 saturated carbocycles. The van der Waals surface area contributed by atoms with Gasteiger partial charge in [-0.15, -0.1) is 6.58 Å². The summed E-state index contributed by atoms with van der Waals surface area (Å²) in [6.45, 7) is 7.76. The van der Waals surface area contributed by atoms with Gasteiger partial charge in [0.05, 0.1) is 0 Å². The normalized spacial score (nSPS) is 14.6. The predicted molar refractivity (Wildman–Crippen MR) is 67.0 cm³/mol. The maximum atomic E-state index is 9.75. The Balaban J connectivity index is 2.81. The van der Waals surface area contributed by atoms with E-state index in [0.29, 0.717) is 5.75 Å². The van der Waals surface area contributed by atoms with Crippen molar-refractivity contribution in [2.75, 3.05) is 0 Å². The number of phenols is 1. The van der Waals surface area contributed by atoms with E-state index >= 15 is 0 Å². The van der Waals surface area contributed by atoms with Gasteiger partial charge in [-0.2, -0.15) is 0 Å². The molecule has 2 N–H and O–H groups in total. The average molecular weight is 270 g/mol. The van der Waals surface area contributed by atoms with Crippen molar-refractivity contribution >= 4 is 15.9 Å². The van der Waals surface area contributed by atoms with Gasteiger partial charge in [-0.1, -0.05) is 28.1 Å². The number of benzene rings is 1. The van der Waals surface area contributed by atoms with Crippen molar-refractivity contribution in [3.8, 4) is 5.75 Å². The van der Waals surface area contributed by atoms with Crippen LogP contribution < -0.4 is 5.32 Å². The number of hydrogen-bond donors (Lipinski definition) is 2. The first kappa shape index (κ1) is 12.3. The first-order valence-corrected chi connectivity index (χ1v) is 5.71. The fourth-order valence-corrected chi connectivity index (χ4v) is 1.78. The van der Waals surface area contributed by atoms with Gasteiger partial charge in [-0.05, 0) is 26.0 Å². The molecule has 1 aromatic rings. The lowest BCUT2D eigenvalue weighted by Crippen LogP contribution is -2.26. The van der Waals surface area contributed by atoms with Crippen molar-refractivity contribution in [2.45, 2.75) is 25.9 Å². The zero-order valence-electron chi connectivity index (χ0n) is 9.00. The molecule has 0 heterocycles. The molecule has 0 radical (unpaired) electrons. The maximum absolute atomic E-state index is 9.75. The highest BCUT2D eigenvalue weighted by Gasteiger charge is 2.11. The lowest BCUT2D eigenvalue weighted by Gasteiger charge is -2.18. The molecule has 0 aromatic heterocycles. The van der Waals surface area contributed by atoms with Gasteiger partial charge in [0.1, 0.15) is 5.75 Å². The summed E-state index contributed by atoms with van der Waals surface area (Å²) in [5.41, 5.74) is 0.895. The Labute approximate surface area is 99.1 Å². The van der Waals surface area contributed by atoms with Crippen LogP contribution in [0.1, 0.15) is 25.5 Å². The summed E-state index contributed by atoms with van der Waals surface area (Å²) in [5.74, 6) is 0.306. The van der Waals surface area contributed by atoms with Gasteiger partial charge in [0.15, 0.2) is 0 Å². The van der Waals surface area contributed by atoms with Crippen molar-refractivity contribution in [3.05, 3.63) is 40.9 Å². The molecular formula is C12H16BrNO. The van der Waals surface area contributed by atoms with Crippen LogP contribution in [0.3, 0.4) is 0 Å². The summed E-state index contributed by atoms with van der Waals surface area (Å²) < 4.78 is 0.882. The summed E-state index contributed by atoms with van der Waals surface area (Å²) in [5, 5.41) is 13.1. The molecule has 0 aliphatic rings. The summed E-state index contributed by atoms with van der Waals surface area (Å²) in [6, 6.07) is 5.86. The highest BCUT2D eigenvalue weighted by molar-refractivity contribution is 9.10. The Kier molecular flexibility index (Phi) is 4.36. The molecule has 2 atom stereocenters. The third kappa shape index (κ3) is 3.36. The zero-order chi connectivity index (χ0) is 11.4. The molecule has 0 aliphatic heterocycles. The highest BCUT2D eigenvalue weighted by atomic mass is 79.9. The van der Waals surface area contributed by atoms with Crippen LogP contribution >= 0.6 is 15.9 Å². The van der Waals surface area contributed by atoms with Gasteiger partial charge in [-0.3, -0.25) is 0 Å². The minimum Gasteiger partial charge on any atom is -0.508 e. The molecule has 0 saturated heterocycles. The number of nitrogens with one attached hydrogen (secondary N) is 1. The van der Waals surface area contributed by atoms with Gasteiger partial charge in [0, 0.05) is 22.1 Å². The molecule has 0 amide bonds. The molecular weight excluding hydrogens is 254 g/mol. The van der Waals surface area contributed by atoms with Crippen molar-refractivity contribution in [3.63, 3.8) is 0 Å². The Bertz CT molecular complexity index is 351. The van der Waals surface area contributed by atoms with Crippen molar-refractivity contribution in [1.82, 2.24) is 5.32 Å². The zero-order valence-corrected chi connectivity index (χ0v) is 10.6. The Morgan fingerprint density at radius 1 is 1.47 bits per heavy atom. The highest BCUT2D eigenvalue weighted by Crippen LogP contribution is 2.27. The maximum Gasteiger partial charge on any atom is 0.121 e. The lowest BCUT2D eigenvalue weighted by atomic mass is 10.1. The molecule has 1 aromatic carbocycles. The van der Waals surface area contributed by atoms with E-state index in [1.54, 1.807) is 6.07 Å².